The summed E-state index contributed by atoms with van der Waals surface area (Å²) in [5.41, 5.74) is 5.92. The normalized spacial score (nSPS) is 20.6. The Hall–Kier alpha value is -1.93. The van der Waals surface area contributed by atoms with Crippen molar-refractivity contribution < 1.29 is 18.0 Å². The summed E-state index contributed by atoms with van der Waals surface area (Å²) in [7, 11) is 0. The number of nitrogens with two attached hydrogens (primary N) is 1. The lowest BCUT2D eigenvalue weighted by Gasteiger charge is -2.08. The Morgan fingerprint density at radius 1 is 1.28 bits per heavy atom. The first-order valence-corrected chi connectivity index (χ1v) is 8.80. The van der Waals surface area contributed by atoms with Gasteiger partial charge < -0.3 is 11.1 Å². The maximum absolute atomic E-state index is 12.6. The zero-order valence-electron chi connectivity index (χ0n) is 13.3. The number of hydrogen-bond donors (Lipinski definition) is 2. The number of rotatable bonds is 4. The molecule has 1 aromatic heterocycles. The third kappa shape index (κ3) is 4.58. The standard InChI is InChI=1S/C17H18F3N3OS/c18-17(19,20)12-4-1-10(2-5-12)7-14-9-22-16(25-14)23-15(24)11-3-6-13(21)8-11/h1-2,4-5,9,11,13H,3,6-8,21H2,(H,22,23,24). The quantitative estimate of drug-likeness (QED) is 0.861. The van der Waals surface area contributed by atoms with Crippen LogP contribution in [-0.4, -0.2) is 16.9 Å². The van der Waals surface area contributed by atoms with Crippen molar-refractivity contribution in [2.24, 2.45) is 11.7 Å². The summed E-state index contributed by atoms with van der Waals surface area (Å²) < 4.78 is 37.7. The van der Waals surface area contributed by atoms with Gasteiger partial charge >= 0.3 is 6.18 Å². The van der Waals surface area contributed by atoms with Crippen LogP contribution in [0.4, 0.5) is 18.3 Å². The maximum Gasteiger partial charge on any atom is 0.416 e. The van der Waals surface area contributed by atoms with Gasteiger partial charge in [-0.3, -0.25) is 4.79 Å². The van der Waals surface area contributed by atoms with Crippen LogP contribution in [0.2, 0.25) is 0 Å². The molecular weight excluding hydrogens is 351 g/mol. The van der Waals surface area contributed by atoms with E-state index in [1.54, 1.807) is 6.20 Å². The number of carbonyl (C=O) groups excluding carboxylic acids is 1. The summed E-state index contributed by atoms with van der Waals surface area (Å²) in [6.07, 6.45) is 0.114. The molecule has 134 valence electrons. The molecule has 1 aliphatic carbocycles. The molecule has 1 saturated carbocycles. The molecule has 2 aromatic rings. The van der Waals surface area contributed by atoms with Crippen molar-refractivity contribution in [3.05, 3.63) is 46.5 Å². The summed E-state index contributed by atoms with van der Waals surface area (Å²) in [6, 6.07) is 5.15. The number of thiazole rings is 1. The lowest BCUT2D eigenvalue weighted by atomic mass is 10.1. The van der Waals surface area contributed by atoms with Gasteiger partial charge in [-0.05, 0) is 37.0 Å². The van der Waals surface area contributed by atoms with E-state index >= 15 is 0 Å². The summed E-state index contributed by atoms with van der Waals surface area (Å²) in [6.45, 7) is 0. The van der Waals surface area contributed by atoms with Crippen LogP contribution in [0.15, 0.2) is 30.5 Å². The minimum atomic E-state index is -4.33. The molecular formula is C17H18F3N3OS. The topological polar surface area (TPSA) is 68.0 Å². The molecule has 4 nitrogen and oxygen atoms in total. The van der Waals surface area contributed by atoms with Crippen LogP contribution in [-0.2, 0) is 17.4 Å². The largest absolute Gasteiger partial charge is 0.416 e. The second-order valence-corrected chi connectivity index (χ2v) is 7.38. The highest BCUT2D eigenvalue weighted by Gasteiger charge is 2.30. The van der Waals surface area contributed by atoms with Crippen LogP contribution in [0.25, 0.3) is 0 Å². The Kier molecular flexibility index (Phi) is 5.10. The fourth-order valence-corrected chi connectivity index (χ4v) is 3.77. The highest BCUT2D eigenvalue weighted by Crippen LogP contribution is 2.30. The van der Waals surface area contributed by atoms with Gasteiger partial charge in [-0.25, -0.2) is 4.98 Å². The number of amides is 1. The molecule has 1 aliphatic rings. The first-order chi connectivity index (χ1) is 11.8. The Morgan fingerprint density at radius 3 is 2.60 bits per heavy atom. The van der Waals surface area contributed by atoms with Gasteiger partial charge in [0.15, 0.2) is 5.13 Å². The number of carbonyl (C=O) groups is 1. The molecule has 2 atom stereocenters. The van der Waals surface area contributed by atoms with E-state index in [2.05, 4.69) is 10.3 Å². The molecule has 8 heteroatoms. The molecule has 0 bridgehead atoms. The van der Waals surface area contributed by atoms with Crippen LogP contribution >= 0.6 is 11.3 Å². The fraction of sp³-hybridized carbons (Fsp3) is 0.412. The zero-order chi connectivity index (χ0) is 18.0. The summed E-state index contributed by atoms with van der Waals surface area (Å²) in [5, 5.41) is 3.31. The van der Waals surface area contributed by atoms with Crippen molar-refractivity contribution in [3.8, 4) is 0 Å². The first kappa shape index (κ1) is 17.9. The predicted octanol–water partition coefficient (Wildman–Crippen LogP) is 3.82. The van der Waals surface area contributed by atoms with Gasteiger partial charge in [-0.15, -0.1) is 11.3 Å². The summed E-state index contributed by atoms with van der Waals surface area (Å²) in [5.74, 6) is -0.138. The summed E-state index contributed by atoms with van der Waals surface area (Å²) >= 11 is 1.33. The van der Waals surface area contributed by atoms with Crippen molar-refractivity contribution >= 4 is 22.4 Å². The van der Waals surface area contributed by atoms with Crippen LogP contribution < -0.4 is 11.1 Å². The Labute approximate surface area is 147 Å². The molecule has 1 amide bonds. The lowest BCUT2D eigenvalue weighted by Crippen LogP contribution is -2.23. The number of benzene rings is 1. The lowest BCUT2D eigenvalue weighted by molar-refractivity contribution is -0.137. The molecule has 0 saturated heterocycles. The highest BCUT2D eigenvalue weighted by atomic mass is 32.1. The Bertz CT molecular complexity index is 742. The Morgan fingerprint density at radius 2 is 2.00 bits per heavy atom. The SMILES string of the molecule is NC1CCC(C(=O)Nc2ncc(Cc3ccc(C(F)(F)F)cc3)s2)C1. The molecule has 25 heavy (non-hydrogen) atoms. The van der Waals surface area contributed by atoms with Gasteiger partial charge in [0.2, 0.25) is 5.91 Å². The number of nitrogens with one attached hydrogen (secondary N) is 1. The number of aromatic nitrogens is 1. The number of nitrogens with zero attached hydrogens (tertiary/aromatic N) is 1. The average Bonchev–Trinajstić information content (AvgIpc) is 3.16. The highest BCUT2D eigenvalue weighted by molar-refractivity contribution is 7.15. The molecule has 3 rings (SSSR count). The monoisotopic (exact) mass is 369 g/mol. The minimum absolute atomic E-state index is 0.0663. The van der Waals surface area contributed by atoms with Crippen LogP contribution in [0.5, 0.6) is 0 Å². The van der Waals surface area contributed by atoms with E-state index in [0.29, 0.717) is 18.0 Å². The minimum Gasteiger partial charge on any atom is -0.328 e. The van der Waals surface area contributed by atoms with Crippen molar-refractivity contribution in [1.29, 1.82) is 0 Å². The van der Waals surface area contributed by atoms with Gasteiger partial charge in [0.25, 0.3) is 0 Å². The van der Waals surface area contributed by atoms with Gasteiger partial charge in [0, 0.05) is 29.5 Å². The molecule has 3 N–H and O–H groups in total. The van der Waals surface area contributed by atoms with Crippen molar-refractivity contribution in [2.75, 3.05) is 5.32 Å². The molecule has 0 radical (unpaired) electrons. The van der Waals surface area contributed by atoms with Gasteiger partial charge in [0.1, 0.15) is 0 Å². The van der Waals surface area contributed by atoms with E-state index in [4.69, 9.17) is 5.73 Å². The van der Waals surface area contributed by atoms with Crippen molar-refractivity contribution in [1.82, 2.24) is 4.98 Å². The molecule has 0 aliphatic heterocycles. The Balaban J connectivity index is 1.59. The number of anilines is 1. The number of alkyl halides is 3. The van der Waals surface area contributed by atoms with Gasteiger partial charge in [0.05, 0.1) is 5.56 Å². The van der Waals surface area contributed by atoms with E-state index in [1.165, 1.54) is 23.5 Å². The first-order valence-electron chi connectivity index (χ1n) is 7.98. The molecule has 1 heterocycles. The smallest absolute Gasteiger partial charge is 0.328 e. The second kappa shape index (κ2) is 7.13. The van der Waals surface area contributed by atoms with E-state index in [9.17, 15) is 18.0 Å². The van der Waals surface area contributed by atoms with Crippen molar-refractivity contribution in [3.63, 3.8) is 0 Å². The molecule has 1 fully saturated rings. The molecule has 2 unspecified atom stereocenters. The van der Waals surface area contributed by atoms with Gasteiger partial charge in [-0.1, -0.05) is 12.1 Å². The van der Waals surface area contributed by atoms with E-state index < -0.39 is 11.7 Å². The third-order valence-corrected chi connectivity index (χ3v) is 5.20. The third-order valence-electron chi connectivity index (χ3n) is 4.29. The zero-order valence-corrected chi connectivity index (χ0v) is 14.2. The van der Waals surface area contributed by atoms with E-state index in [1.807, 2.05) is 0 Å². The van der Waals surface area contributed by atoms with Crippen molar-refractivity contribution in [2.45, 2.75) is 37.9 Å². The molecule has 1 aromatic carbocycles. The van der Waals surface area contributed by atoms with Crippen LogP contribution in [0.1, 0.15) is 35.3 Å². The number of halogens is 3. The van der Waals surface area contributed by atoms with Crippen LogP contribution in [0, 0.1) is 5.92 Å². The van der Waals surface area contributed by atoms with Gasteiger partial charge in [-0.2, -0.15) is 13.2 Å². The van der Waals surface area contributed by atoms with Crippen LogP contribution in [0.3, 0.4) is 0 Å². The second-order valence-electron chi connectivity index (χ2n) is 6.26. The predicted molar refractivity (Wildman–Crippen MR) is 90.3 cm³/mol. The number of hydrogen-bond acceptors (Lipinski definition) is 4. The summed E-state index contributed by atoms with van der Waals surface area (Å²) in [4.78, 5) is 17.2. The molecule has 0 spiro atoms. The average molecular weight is 369 g/mol. The van der Waals surface area contributed by atoms with E-state index in [0.717, 1.165) is 35.4 Å². The maximum atomic E-state index is 12.6. The van der Waals surface area contributed by atoms with E-state index in [-0.39, 0.29) is 17.9 Å². The fourth-order valence-electron chi connectivity index (χ4n) is 2.92.